The molecule has 0 spiro atoms. The highest BCUT2D eigenvalue weighted by atomic mass is 32.2. The van der Waals surface area contributed by atoms with Gasteiger partial charge in [-0.05, 0) is 25.0 Å². The molecule has 1 unspecified atom stereocenters. The molecule has 60 valence electrons. The molecule has 0 amide bonds. The molecule has 3 heteroatoms. The molecule has 1 aliphatic rings. The van der Waals surface area contributed by atoms with Crippen molar-refractivity contribution < 1.29 is 0 Å². The highest BCUT2D eigenvalue weighted by Gasteiger charge is 2.18. The van der Waals surface area contributed by atoms with Gasteiger partial charge in [0.25, 0.3) is 0 Å². The molecule has 2 heterocycles. The van der Waals surface area contributed by atoms with Crippen molar-refractivity contribution >= 4 is 11.8 Å². The van der Waals surface area contributed by atoms with Crippen LogP contribution in [0.3, 0.4) is 0 Å². The molecule has 0 fully saturated rings. The first kappa shape index (κ1) is 7.63. The Balaban J connectivity index is 2.30. The fraction of sp³-hybridized carbons (Fsp3) is 0.333. The van der Waals surface area contributed by atoms with Crippen LogP contribution < -0.4 is 0 Å². The van der Waals surface area contributed by atoms with Gasteiger partial charge >= 0.3 is 0 Å². The summed E-state index contributed by atoms with van der Waals surface area (Å²) in [6.45, 7) is 0. The van der Waals surface area contributed by atoms with Crippen LogP contribution >= 0.6 is 11.8 Å². The lowest BCUT2D eigenvalue weighted by Gasteiger charge is -2.17. The van der Waals surface area contributed by atoms with E-state index in [0.29, 0.717) is 0 Å². The highest BCUT2D eigenvalue weighted by Crippen LogP contribution is 2.33. The molecule has 0 saturated carbocycles. The van der Waals surface area contributed by atoms with E-state index in [9.17, 15) is 0 Å². The second-order valence-corrected chi connectivity index (χ2v) is 3.97. The largest absolute Gasteiger partial charge is 0.260 e. The molecule has 0 N–H and O–H groups in total. The number of rotatable bonds is 0. The van der Waals surface area contributed by atoms with Crippen molar-refractivity contribution in [1.82, 2.24) is 4.98 Å². The Labute approximate surface area is 75.6 Å². The van der Waals surface area contributed by atoms with Gasteiger partial charge in [-0.25, -0.2) is 0 Å². The van der Waals surface area contributed by atoms with Crippen LogP contribution in [-0.2, 0) is 6.42 Å². The molecule has 0 radical (unpaired) electrons. The number of nitrogens with zero attached hydrogens (tertiary/aromatic N) is 2. The van der Waals surface area contributed by atoms with Gasteiger partial charge in [0.2, 0.25) is 0 Å². The maximum absolute atomic E-state index is 8.73. The third-order valence-electron chi connectivity index (χ3n) is 1.91. The monoisotopic (exact) mass is 176 g/mol. The van der Waals surface area contributed by atoms with Gasteiger partial charge in [0.15, 0.2) is 0 Å². The van der Waals surface area contributed by atoms with Crippen molar-refractivity contribution in [1.29, 1.82) is 5.26 Å². The summed E-state index contributed by atoms with van der Waals surface area (Å²) in [5, 5.41) is 8.85. The van der Waals surface area contributed by atoms with Gasteiger partial charge < -0.3 is 0 Å². The molecule has 0 saturated heterocycles. The predicted molar refractivity (Wildman–Crippen MR) is 47.8 cm³/mol. The first-order chi connectivity index (χ1) is 5.90. The standard InChI is InChI=1S/C9H8N2S/c10-6-7-3-4-8-9(12-7)2-1-5-11-8/h1-2,5,7H,3-4H2. The van der Waals surface area contributed by atoms with Gasteiger partial charge in [-0.1, -0.05) is 0 Å². The van der Waals surface area contributed by atoms with Gasteiger partial charge in [0, 0.05) is 11.1 Å². The normalized spacial score (nSPS) is 21.1. The summed E-state index contributed by atoms with van der Waals surface area (Å²) >= 11 is 1.63. The van der Waals surface area contributed by atoms with E-state index in [0.717, 1.165) is 18.5 Å². The number of pyridine rings is 1. The highest BCUT2D eigenvalue weighted by molar-refractivity contribution is 8.00. The van der Waals surface area contributed by atoms with E-state index in [1.807, 2.05) is 18.3 Å². The quantitative estimate of drug-likeness (QED) is 0.606. The summed E-state index contributed by atoms with van der Waals surface area (Å²) < 4.78 is 0. The van der Waals surface area contributed by atoms with E-state index in [4.69, 9.17) is 5.26 Å². The van der Waals surface area contributed by atoms with Crippen molar-refractivity contribution in [3.63, 3.8) is 0 Å². The van der Waals surface area contributed by atoms with Crippen molar-refractivity contribution in [2.75, 3.05) is 0 Å². The minimum Gasteiger partial charge on any atom is -0.260 e. The maximum atomic E-state index is 8.73. The Morgan fingerprint density at radius 2 is 2.58 bits per heavy atom. The lowest BCUT2D eigenvalue weighted by atomic mass is 10.2. The fourth-order valence-corrected chi connectivity index (χ4v) is 2.33. The van der Waals surface area contributed by atoms with Crippen LogP contribution in [0, 0.1) is 11.3 Å². The molecular weight excluding hydrogens is 168 g/mol. The van der Waals surface area contributed by atoms with E-state index in [1.54, 1.807) is 11.8 Å². The van der Waals surface area contributed by atoms with Gasteiger partial charge in [0.05, 0.1) is 17.0 Å². The van der Waals surface area contributed by atoms with E-state index >= 15 is 0 Å². The Hall–Kier alpha value is -1.01. The molecule has 0 aromatic carbocycles. The summed E-state index contributed by atoms with van der Waals surface area (Å²) in [4.78, 5) is 5.43. The van der Waals surface area contributed by atoms with Crippen LogP contribution in [0.4, 0.5) is 0 Å². The van der Waals surface area contributed by atoms with Crippen molar-refractivity contribution in [2.45, 2.75) is 23.0 Å². The fourth-order valence-electron chi connectivity index (χ4n) is 1.29. The topological polar surface area (TPSA) is 36.7 Å². The van der Waals surface area contributed by atoms with Crippen LogP contribution in [0.2, 0.25) is 0 Å². The summed E-state index contributed by atoms with van der Waals surface area (Å²) in [6.07, 6.45) is 3.69. The van der Waals surface area contributed by atoms with Crippen LogP contribution in [0.15, 0.2) is 23.2 Å². The molecule has 1 aromatic heterocycles. The van der Waals surface area contributed by atoms with Gasteiger partial charge in [-0.15, -0.1) is 11.8 Å². The van der Waals surface area contributed by atoms with E-state index in [1.165, 1.54) is 4.90 Å². The third kappa shape index (κ3) is 1.30. The number of hydrogen-bond acceptors (Lipinski definition) is 3. The van der Waals surface area contributed by atoms with E-state index < -0.39 is 0 Å². The molecule has 12 heavy (non-hydrogen) atoms. The van der Waals surface area contributed by atoms with Crippen LogP contribution in [0.1, 0.15) is 12.1 Å². The molecular formula is C9H8N2S. The molecule has 2 nitrogen and oxygen atoms in total. The van der Waals surface area contributed by atoms with Crippen LogP contribution in [0.25, 0.3) is 0 Å². The zero-order valence-electron chi connectivity index (χ0n) is 6.53. The first-order valence-corrected chi connectivity index (χ1v) is 4.78. The molecule has 0 aliphatic carbocycles. The maximum Gasteiger partial charge on any atom is 0.0968 e. The Kier molecular flexibility index (Phi) is 2.01. The zero-order valence-corrected chi connectivity index (χ0v) is 7.34. The molecule has 0 bridgehead atoms. The second kappa shape index (κ2) is 3.16. The van der Waals surface area contributed by atoms with Crippen molar-refractivity contribution in [2.24, 2.45) is 0 Å². The van der Waals surface area contributed by atoms with Crippen LogP contribution in [0.5, 0.6) is 0 Å². The summed E-state index contributed by atoms with van der Waals surface area (Å²) in [7, 11) is 0. The first-order valence-electron chi connectivity index (χ1n) is 3.90. The van der Waals surface area contributed by atoms with Crippen molar-refractivity contribution in [3.05, 3.63) is 24.0 Å². The lowest BCUT2D eigenvalue weighted by Crippen LogP contribution is -2.09. The Morgan fingerprint density at radius 1 is 1.67 bits per heavy atom. The predicted octanol–water partition coefficient (Wildman–Crippen LogP) is 2.01. The zero-order chi connectivity index (χ0) is 8.39. The average Bonchev–Trinajstić information content (AvgIpc) is 2.17. The molecule has 1 atom stereocenters. The third-order valence-corrected chi connectivity index (χ3v) is 3.16. The summed E-state index contributed by atoms with van der Waals surface area (Å²) in [6, 6.07) is 6.24. The molecule has 2 rings (SSSR count). The van der Waals surface area contributed by atoms with Gasteiger partial charge in [-0.3, -0.25) is 4.98 Å². The molecule has 1 aromatic rings. The summed E-state index contributed by atoms with van der Waals surface area (Å²) in [5.41, 5.74) is 1.15. The van der Waals surface area contributed by atoms with Crippen LogP contribution in [-0.4, -0.2) is 10.2 Å². The minimum absolute atomic E-state index is 0.127. The number of aromatic nitrogens is 1. The van der Waals surface area contributed by atoms with Crippen molar-refractivity contribution in [3.8, 4) is 6.07 Å². The second-order valence-electron chi connectivity index (χ2n) is 2.72. The van der Waals surface area contributed by atoms with Gasteiger partial charge in [-0.2, -0.15) is 5.26 Å². The van der Waals surface area contributed by atoms with E-state index in [-0.39, 0.29) is 5.25 Å². The van der Waals surface area contributed by atoms with E-state index in [2.05, 4.69) is 11.1 Å². The average molecular weight is 176 g/mol. The molecule has 1 aliphatic heterocycles. The number of aryl methyl sites for hydroxylation is 1. The lowest BCUT2D eigenvalue weighted by molar-refractivity contribution is 0.794. The number of thioether (sulfide) groups is 1. The number of hydrogen-bond donors (Lipinski definition) is 0. The number of nitriles is 1. The Bertz CT molecular complexity index is 330. The SMILES string of the molecule is N#CC1CCc2ncccc2S1. The Morgan fingerprint density at radius 3 is 3.42 bits per heavy atom. The smallest absolute Gasteiger partial charge is 0.0968 e. The van der Waals surface area contributed by atoms with Gasteiger partial charge in [0.1, 0.15) is 0 Å². The number of fused-ring (bicyclic) bond motifs is 1. The summed E-state index contributed by atoms with van der Waals surface area (Å²) in [5.74, 6) is 0. The minimum atomic E-state index is 0.127.